The van der Waals surface area contributed by atoms with Crippen LogP contribution in [0.5, 0.6) is 0 Å². The molecule has 0 atom stereocenters. The van der Waals surface area contributed by atoms with Crippen molar-refractivity contribution >= 4 is 0 Å². The van der Waals surface area contributed by atoms with Crippen molar-refractivity contribution < 1.29 is 5.11 Å². The molecule has 0 aromatic carbocycles. The van der Waals surface area contributed by atoms with Gasteiger partial charge in [0.25, 0.3) is 0 Å². The largest absolute Gasteiger partial charge is 0.396 e. The Kier molecular flexibility index (Phi) is 3.38. The third-order valence-electron chi connectivity index (χ3n) is 3.18. The van der Waals surface area contributed by atoms with E-state index in [0.717, 1.165) is 32.4 Å². The summed E-state index contributed by atoms with van der Waals surface area (Å²) in [7, 11) is 0. The fraction of sp³-hybridized carbons (Fsp3) is 0.727. The summed E-state index contributed by atoms with van der Waals surface area (Å²) >= 11 is 0. The van der Waals surface area contributed by atoms with Crippen molar-refractivity contribution in [1.29, 1.82) is 0 Å². The molecule has 1 saturated heterocycles. The van der Waals surface area contributed by atoms with Gasteiger partial charge >= 0.3 is 0 Å². The lowest BCUT2D eigenvalue weighted by molar-refractivity contribution is 0.298. The lowest BCUT2D eigenvalue weighted by Gasteiger charge is -2.24. The van der Waals surface area contributed by atoms with Crippen molar-refractivity contribution in [2.45, 2.75) is 32.2 Å². The number of aromatic nitrogens is 2. The van der Waals surface area contributed by atoms with Crippen LogP contribution in [0.4, 0.5) is 0 Å². The summed E-state index contributed by atoms with van der Waals surface area (Å²) < 4.78 is 2.13. The van der Waals surface area contributed by atoms with E-state index in [0.29, 0.717) is 6.04 Å². The molecular weight excluding hydrogens is 190 g/mol. The molecular formula is C11H19N3O. The minimum Gasteiger partial charge on any atom is -0.396 e. The Bertz CT molecular complexity index is 316. The zero-order chi connectivity index (χ0) is 10.7. The molecule has 0 radical (unpaired) electrons. The summed E-state index contributed by atoms with van der Waals surface area (Å²) in [6.07, 6.45) is 4.92. The first kappa shape index (κ1) is 10.6. The fourth-order valence-electron chi connectivity index (χ4n) is 2.24. The monoisotopic (exact) mass is 209 g/mol. The third-order valence-corrected chi connectivity index (χ3v) is 3.18. The van der Waals surface area contributed by atoms with Crippen LogP contribution in [0, 0.1) is 6.92 Å². The predicted molar refractivity (Wildman–Crippen MR) is 58.9 cm³/mol. The van der Waals surface area contributed by atoms with E-state index in [1.54, 1.807) is 0 Å². The van der Waals surface area contributed by atoms with Crippen molar-refractivity contribution in [3.05, 3.63) is 17.5 Å². The normalized spacial score (nSPS) is 18.3. The van der Waals surface area contributed by atoms with Crippen LogP contribution in [0.15, 0.2) is 6.20 Å². The van der Waals surface area contributed by atoms with Crippen LogP contribution >= 0.6 is 0 Å². The van der Waals surface area contributed by atoms with Gasteiger partial charge in [-0.3, -0.25) is 4.68 Å². The van der Waals surface area contributed by atoms with E-state index in [4.69, 9.17) is 5.11 Å². The molecule has 15 heavy (non-hydrogen) atoms. The van der Waals surface area contributed by atoms with Gasteiger partial charge in [-0.2, -0.15) is 5.10 Å². The Balaban J connectivity index is 2.13. The second-order valence-electron chi connectivity index (χ2n) is 4.15. The maximum absolute atomic E-state index is 8.92. The van der Waals surface area contributed by atoms with Crippen molar-refractivity contribution in [2.24, 2.45) is 0 Å². The molecule has 0 aliphatic carbocycles. The lowest BCUT2D eigenvalue weighted by Crippen LogP contribution is -2.30. The highest BCUT2D eigenvalue weighted by molar-refractivity contribution is 5.17. The van der Waals surface area contributed by atoms with Crippen LogP contribution in [-0.4, -0.2) is 34.6 Å². The van der Waals surface area contributed by atoms with Gasteiger partial charge in [-0.1, -0.05) is 0 Å². The molecule has 1 aromatic heterocycles. The molecule has 1 aliphatic rings. The van der Waals surface area contributed by atoms with Crippen LogP contribution in [-0.2, 0) is 6.42 Å². The molecule has 2 rings (SSSR count). The van der Waals surface area contributed by atoms with Gasteiger partial charge < -0.3 is 10.4 Å². The molecule has 1 fully saturated rings. The topological polar surface area (TPSA) is 50.1 Å². The van der Waals surface area contributed by atoms with Crippen LogP contribution in [0.1, 0.15) is 30.1 Å². The molecule has 1 aliphatic heterocycles. The molecule has 0 unspecified atom stereocenters. The summed E-state index contributed by atoms with van der Waals surface area (Å²) in [4.78, 5) is 0. The maximum atomic E-state index is 8.92. The van der Waals surface area contributed by atoms with E-state index in [2.05, 4.69) is 22.0 Å². The molecule has 0 spiro atoms. The maximum Gasteiger partial charge on any atom is 0.0546 e. The average molecular weight is 209 g/mol. The van der Waals surface area contributed by atoms with E-state index >= 15 is 0 Å². The zero-order valence-electron chi connectivity index (χ0n) is 9.24. The molecule has 1 aromatic rings. The highest BCUT2D eigenvalue weighted by atomic mass is 16.2. The van der Waals surface area contributed by atoms with Crippen molar-refractivity contribution in [2.75, 3.05) is 19.7 Å². The molecule has 2 N–H and O–H groups in total. The lowest BCUT2D eigenvalue weighted by atomic mass is 10.1. The SMILES string of the molecule is Cc1c(CCO)cnn1C1CCNCC1. The molecule has 0 bridgehead atoms. The van der Waals surface area contributed by atoms with Crippen molar-refractivity contribution in [3.63, 3.8) is 0 Å². The molecule has 0 amide bonds. The minimum absolute atomic E-state index is 0.207. The van der Waals surface area contributed by atoms with E-state index in [1.807, 2.05) is 6.20 Å². The third kappa shape index (κ3) is 2.21. The molecule has 2 heterocycles. The summed E-state index contributed by atoms with van der Waals surface area (Å²) in [6, 6.07) is 0.540. The zero-order valence-corrected chi connectivity index (χ0v) is 9.24. The fourth-order valence-corrected chi connectivity index (χ4v) is 2.24. The molecule has 4 heteroatoms. The summed E-state index contributed by atoms with van der Waals surface area (Å²) in [6.45, 7) is 4.47. The highest BCUT2D eigenvalue weighted by Gasteiger charge is 2.18. The number of nitrogens with one attached hydrogen (secondary N) is 1. The number of piperidine rings is 1. The first-order valence-electron chi connectivity index (χ1n) is 5.67. The first-order valence-corrected chi connectivity index (χ1v) is 5.67. The second-order valence-corrected chi connectivity index (χ2v) is 4.15. The Morgan fingerprint density at radius 2 is 2.27 bits per heavy atom. The number of hydrogen-bond donors (Lipinski definition) is 2. The number of hydrogen-bond acceptors (Lipinski definition) is 3. The summed E-state index contributed by atoms with van der Waals surface area (Å²) in [5, 5.41) is 16.7. The van der Waals surface area contributed by atoms with Crippen LogP contribution in [0.25, 0.3) is 0 Å². The first-order chi connectivity index (χ1) is 7.33. The highest BCUT2D eigenvalue weighted by Crippen LogP contribution is 2.21. The minimum atomic E-state index is 0.207. The van der Waals surface area contributed by atoms with Gasteiger partial charge in [0.05, 0.1) is 12.2 Å². The van der Waals surface area contributed by atoms with Gasteiger partial charge in [0.1, 0.15) is 0 Å². The van der Waals surface area contributed by atoms with Gasteiger partial charge in [0.15, 0.2) is 0 Å². The number of rotatable bonds is 3. The van der Waals surface area contributed by atoms with E-state index in [1.165, 1.54) is 11.3 Å². The van der Waals surface area contributed by atoms with Gasteiger partial charge in [0.2, 0.25) is 0 Å². The quantitative estimate of drug-likeness (QED) is 0.768. The van der Waals surface area contributed by atoms with Gasteiger partial charge in [0, 0.05) is 12.3 Å². The van der Waals surface area contributed by atoms with Gasteiger partial charge in [-0.05, 0) is 44.8 Å². The Hall–Kier alpha value is -0.870. The molecule has 0 saturated carbocycles. The second kappa shape index (κ2) is 4.77. The summed E-state index contributed by atoms with van der Waals surface area (Å²) in [5.74, 6) is 0. The Morgan fingerprint density at radius 3 is 2.93 bits per heavy atom. The Labute approximate surface area is 90.3 Å². The average Bonchev–Trinajstić information content (AvgIpc) is 2.63. The van der Waals surface area contributed by atoms with Crippen LogP contribution in [0.2, 0.25) is 0 Å². The molecule has 84 valence electrons. The van der Waals surface area contributed by atoms with E-state index in [-0.39, 0.29) is 6.61 Å². The van der Waals surface area contributed by atoms with Gasteiger partial charge in [-0.25, -0.2) is 0 Å². The van der Waals surface area contributed by atoms with E-state index in [9.17, 15) is 0 Å². The van der Waals surface area contributed by atoms with Crippen molar-refractivity contribution in [3.8, 4) is 0 Å². The van der Waals surface area contributed by atoms with Crippen LogP contribution < -0.4 is 5.32 Å². The predicted octanol–water partition coefficient (Wildman–Crippen LogP) is 0.651. The summed E-state index contributed by atoms with van der Waals surface area (Å²) in [5.41, 5.74) is 2.40. The Morgan fingerprint density at radius 1 is 1.53 bits per heavy atom. The van der Waals surface area contributed by atoms with Crippen molar-refractivity contribution in [1.82, 2.24) is 15.1 Å². The van der Waals surface area contributed by atoms with E-state index < -0.39 is 0 Å². The standard InChI is InChI=1S/C11H19N3O/c1-9-10(4-7-15)8-13-14(9)11-2-5-12-6-3-11/h8,11-12,15H,2-7H2,1H3. The number of aliphatic hydroxyl groups is 1. The molecule has 4 nitrogen and oxygen atoms in total. The number of nitrogens with zero attached hydrogens (tertiary/aromatic N) is 2. The van der Waals surface area contributed by atoms with Gasteiger partial charge in [-0.15, -0.1) is 0 Å². The smallest absolute Gasteiger partial charge is 0.0546 e. The van der Waals surface area contributed by atoms with Crippen LogP contribution in [0.3, 0.4) is 0 Å². The number of aliphatic hydroxyl groups excluding tert-OH is 1.